The molecule has 0 aliphatic carbocycles. The van der Waals surface area contributed by atoms with E-state index in [1.807, 2.05) is 56.3 Å². The van der Waals surface area contributed by atoms with Crippen molar-refractivity contribution in [3.63, 3.8) is 0 Å². The normalized spacial score (nSPS) is 15.1. The Morgan fingerprint density at radius 1 is 1.00 bits per heavy atom. The summed E-state index contributed by atoms with van der Waals surface area (Å²) in [6, 6.07) is 18.5. The molecular formula is C27H21F3N6O2S. The van der Waals surface area contributed by atoms with Gasteiger partial charge in [-0.25, -0.2) is 9.67 Å². The maximum Gasteiger partial charge on any atom is 0.573 e. The summed E-state index contributed by atoms with van der Waals surface area (Å²) in [6.07, 6.45) is -1.68. The van der Waals surface area contributed by atoms with E-state index in [-0.39, 0.29) is 11.7 Å². The number of anilines is 1. The molecule has 0 spiro atoms. The van der Waals surface area contributed by atoms with Gasteiger partial charge in [-0.1, -0.05) is 54.2 Å². The zero-order valence-electron chi connectivity index (χ0n) is 20.8. The van der Waals surface area contributed by atoms with Gasteiger partial charge in [-0.3, -0.25) is 9.69 Å². The van der Waals surface area contributed by atoms with Crippen molar-refractivity contribution in [2.24, 2.45) is 10.2 Å². The van der Waals surface area contributed by atoms with Gasteiger partial charge in [-0.2, -0.15) is 5.10 Å². The highest BCUT2D eigenvalue weighted by atomic mass is 32.2. The van der Waals surface area contributed by atoms with E-state index in [2.05, 4.69) is 25.0 Å². The van der Waals surface area contributed by atoms with Gasteiger partial charge in [0.25, 0.3) is 0 Å². The number of benzene rings is 3. The monoisotopic (exact) mass is 550 g/mol. The fourth-order valence-electron chi connectivity index (χ4n) is 4.00. The Morgan fingerprint density at radius 3 is 2.36 bits per heavy atom. The van der Waals surface area contributed by atoms with Crippen LogP contribution in [0.2, 0.25) is 0 Å². The maximum atomic E-state index is 12.6. The summed E-state index contributed by atoms with van der Waals surface area (Å²) in [5.41, 5.74) is 4.87. The van der Waals surface area contributed by atoms with Crippen molar-refractivity contribution in [2.45, 2.75) is 20.2 Å². The molecule has 4 aromatic rings. The fraction of sp³-hybridized carbons (Fsp3) is 0.148. The number of para-hydroxylation sites is 1. The fourth-order valence-corrected chi connectivity index (χ4v) is 4.81. The summed E-state index contributed by atoms with van der Waals surface area (Å²) in [7, 11) is 0. The molecule has 1 fully saturated rings. The second-order valence-corrected chi connectivity index (χ2v) is 9.50. The molecule has 5 rings (SSSR count). The molecule has 1 saturated heterocycles. The summed E-state index contributed by atoms with van der Waals surface area (Å²) >= 11 is 1.35. The van der Waals surface area contributed by atoms with Crippen LogP contribution in [0.15, 0.2) is 83.3 Å². The molecule has 0 radical (unpaired) electrons. The van der Waals surface area contributed by atoms with Crippen LogP contribution in [0.25, 0.3) is 17.1 Å². The van der Waals surface area contributed by atoms with Gasteiger partial charge in [0.15, 0.2) is 11.0 Å². The van der Waals surface area contributed by atoms with E-state index < -0.39 is 6.36 Å². The lowest BCUT2D eigenvalue weighted by molar-refractivity contribution is -0.274. The number of hydrogen-bond acceptors (Lipinski definition) is 7. The number of carbonyl (C=O) groups excluding carboxylic acids is 1. The molecule has 0 N–H and O–H groups in total. The van der Waals surface area contributed by atoms with Gasteiger partial charge in [0.2, 0.25) is 5.91 Å². The van der Waals surface area contributed by atoms with Crippen LogP contribution in [0, 0.1) is 13.8 Å². The average molecular weight is 551 g/mol. The minimum atomic E-state index is -4.75. The third kappa shape index (κ3) is 6.01. The lowest BCUT2D eigenvalue weighted by atomic mass is 10.1. The molecule has 198 valence electrons. The highest BCUT2D eigenvalue weighted by Crippen LogP contribution is 2.32. The van der Waals surface area contributed by atoms with E-state index in [1.165, 1.54) is 47.0 Å². The van der Waals surface area contributed by atoms with E-state index >= 15 is 0 Å². The van der Waals surface area contributed by atoms with Gasteiger partial charge < -0.3 is 4.74 Å². The Labute approximate surface area is 225 Å². The zero-order chi connectivity index (χ0) is 27.6. The van der Waals surface area contributed by atoms with Crippen LogP contribution in [-0.4, -0.2) is 44.2 Å². The van der Waals surface area contributed by atoms with Crippen LogP contribution < -0.4 is 9.64 Å². The van der Waals surface area contributed by atoms with Gasteiger partial charge >= 0.3 is 6.36 Å². The predicted molar refractivity (Wildman–Crippen MR) is 144 cm³/mol. The molecule has 1 aromatic heterocycles. The number of nitrogens with zero attached hydrogens (tertiary/aromatic N) is 6. The summed E-state index contributed by atoms with van der Waals surface area (Å²) < 4.78 is 42.4. The third-order valence-corrected chi connectivity index (χ3v) is 6.69. The number of carbonyl (C=O) groups is 1. The highest BCUT2D eigenvalue weighted by Gasteiger charge is 2.32. The Balaban J connectivity index is 1.27. The first kappa shape index (κ1) is 26.2. The van der Waals surface area contributed by atoms with Crippen molar-refractivity contribution in [2.75, 3.05) is 10.7 Å². The van der Waals surface area contributed by atoms with Gasteiger partial charge in [0.05, 0.1) is 23.3 Å². The summed E-state index contributed by atoms with van der Waals surface area (Å²) in [4.78, 5) is 18.5. The number of alkyl halides is 3. The predicted octanol–water partition coefficient (Wildman–Crippen LogP) is 5.92. The number of aryl methyl sites for hydroxylation is 2. The van der Waals surface area contributed by atoms with Crippen LogP contribution in [0.4, 0.5) is 18.9 Å². The van der Waals surface area contributed by atoms with Crippen LogP contribution in [-0.2, 0) is 4.79 Å². The van der Waals surface area contributed by atoms with E-state index in [4.69, 9.17) is 0 Å². The van der Waals surface area contributed by atoms with Crippen LogP contribution in [0.3, 0.4) is 0 Å². The first-order valence-electron chi connectivity index (χ1n) is 11.7. The lowest BCUT2D eigenvalue weighted by Crippen LogP contribution is -2.30. The molecule has 12 heteroatoms. The van der Waals surface area contributed by atoms with Crippen LogP contribution in [0.1, 0.15) is 16.7 Å². The minimum Gasteiger partial charge on any atom is -0.406 e. The number of ether oxygens (including phenoxy) is 1. The second kappa shape index (κ2) is 10.7. The zero-order valence-corrected chi connectivity index (χ0v) is 21.6. The summed E-state index contributed by atoms with van der Waals surface area (Å²) in [5.74, 6) is 0.403. The first-order valence-corrected chi connectivity index (χ1v) is 12.7. The molecule has 1 aliphatic rings. The number of halogens is 3. The molecule has 3 aromatic carbocycles. The molecule has 39 heavy (non-hydrogen) atoms. The Morgan fingerprint density at radius 2 is 1.69 bits per heavy atom. The van der Waals surface area contributed by atoms with Gasteiger partial charge in [-0.05, 0) is 54.8 Å². The maximum absolute atomic E-state index is 12.6. The van der Waals surface area contributed by atoms with Crippen LogP contribution in [0.5, 0.6) is 5.75 Å². The average Bonchev–Trinajstić information content (AvgIpc) is 3.52. The van der Waals surface area contributed by atoms with E-state index in [9.17, 15) is 18.0 Å². The Bertz CT molecular complexity index is 1540. The van der Waals surface area contributed by atoms with E-state index in [1.54, 1.807) is 11.1 Å². The number of amidine groups is 1. The minimum absolute atomic E-state index is 0.0341. The second-order valence-electron chi connectivity index (χ2n) is 8.56. The molecule has 8 nitrogen and oxygen atoms in total. The molecule has 0 bridgehead atoms. The van der Waals surface area contributed by atoms with Crippen molar-refractivity contribution in [3.8, 4) is 22.8 Å². The molecule has 2 heterocycles. The largest absolute Gasteiger partial charge is 0.573 e. The molecular weight excluding hydrogens is 529 g/mol. The molecule has 0 atom stereocenters. The quantitative estimate of drug-likeness (QED) is 0.220. The third-order valence-electron chi connectivity index (χ3n) is 5.77. The van der Waals surface area contributed by atoms with Gasteiger partial charge in [-0.15, -0.1) is 23.4 Å². The molecule has 1 amide bonds. The number of amides is 1. The molecule has 0 saturated carbocycles. The number of thioether (sulfide) groups is 1. The van der Waals surface area contributed by atoms with Crippen LogP contribution >= 0.6 is 11.8 Å². The highest BCUT2D eigenvalue weighted by molar-refractivity contribution is 8.15. The smallest absolute Gasteiger partial charge is 0.406 e. The lowest BCUT2D eigenvalue weighted by Gasteiger charge is -2.20. The van der Waals surface area contributed by atoms with Crippen molar-refractivity contribution in [1.29, 1.82) is 0 Å². The summed E-state index contributed by atoms with van der Waals surface area (Å²) in [5, 5.41) is 13.4. The number of hydrogen-bond donors (Lipinski definition) is 0. The standard InChI is InChI=1S/C27H21F3N6O2S/c1-17-4-3-5-18(2)24(17)36-23(37)15-39-26(36)33-32-14-19-6-8-20(9-7-19)25-31-16-35(34-25)21-10-12-22(13-11-21)38-27(28,29)30/h3-14,16H,15H2,1-2H3/b32-14+,33-26-. The molecule has 0 unspecified atom stereocenters. The van der Waals surface area contributed by atoms with E-state index in [0.29, 0.717) is 22.4 Å². The molecule has 1 aliphatic heterocycles. The summed E-state index contributed by atoms with van der Waals surface area (Å²) in [6.45, 7) is 3.92. The first-order chi connectivity index (χ1) is 18.7. The van der Waals surface area contributed by atoms with Crippen molar-refractivity contribution in [3.05, 3.63) is 89.7 Å². The van der Waals surface area contributed by atoms with E-state index in [0.717, 1.165) is 27.9 Å². The van der Waals surface area contributed by atoms with Crippen molar-refractivity contribution in [1.82, 2.24) is 14.8 Å². The van der Waals surface area contributed by atoms with Gasteiger partial charge in [0.1, 0.15) is 12.1 Å². The Kier molecular flexibility index (Phi) is 7.20. The topological polar surface area (TPSA) is 85.0 Å². The number of rotatable bonds is 6. The van der Waals surface area contributed by atoms with Crippen molar-refractivity contribution < 1.29 is 22.7 Å². The van der Waals surface area contributed by atoms with Crippen molar-refractivity contribution >= 4 is 34.7 Å². The SMILES string of the molecule is Cc1cccc(C)c1N1C(=O)CS/C1=N\N=C\c1ccc(-c2ncn(-c3ccc(OC(F)(F)F)cc3)n2)cc1. The van der Waals surface area contributed by atoms with Gasteiger partial charge in [0, 0.05) is 5.56 Å². The number of aromatic nitrogens is 3. The Hall–Kier alpha value is -4.45.